The van der Waals surface area contributed by atoms with Gasteiger partial charge in [-0.3, -0.25) is 9.05 Å². The van der Waals surface area contributed by atoms with Gasteiger partial charge >= 0.3 is 7.82 Å². The van der Waals surface area contributed by atoms with Crippen LogP contribution in [0, 0.1) is 0 Å². The maximum Gasteiger partial charge on any atom is 0.529 e. The molecular formula is C39H48NO4P. The summed E-state index contributed by atoms with van der Waals surface area (Å²) in [5, 5.41) is 0. The van der Waals surface area contributed by atoms with E-state index in [2.05, 4.69) is 128 Å². The summed E-state index contributed by atoms with van der Waals surface area (Å²) in [6.45, 7) is 17.4. The molecule has 0 saturated carbocycles. The third kappa shape index (κ3) is 7.84. The molecule has 0 aliphatic heterocycles. The monoisotopic (exact) mass is 625 g/mol. The lowest BCUT2D eigenvalue weighted by Gasteiger charge is -2.25. The molecule has 0 atom stereocenters. The fraction of sp³-hybridized carbons (Fsp3) is 0.359. The van der Waals surface area contributed by atoms with Crippen LogP contribution in [0.4, 0.5) is 5.69 Å². The number of hydrogen-bond acceptors (Lipinski definition) is 5. The Balaban J connectivity index is 2.01. The second kappa shape index (κ2) is 14.7. The second-order valence-electron chi connectivity index (χ2n) is 12.7. The van der Waals surface area contributed by atoms with E-state index < -0.39 is 7.82 Å². The Kier molecular flexibility index (Phi) is 11.3. The summed E-state index contributed by atoms with van der Waals surface area (Å²) in [5.41, 5.74) is 10.7. The van der Waals surface area contributed by atoms with Crippen LogP contribution in [-0.4, -0.2) is 19.9 Å². The van der Waals surface area contributed by atoms with E-state index in [1.54, 1.807) is 0 Å². The number of nitrogens with zero attached hydrogens (tertiary/aromatic N) is 1. The Labute approximate surface area is 270 Å². The third-order valence-corrected chi connectivity index (χ3v) is 9.41. The molecule has 45 heavy (non-hydrogen) atoms. The molecule has 5 nitrogen and oxygen atoms in total. The van der Waals surface area contributed by atoms with Gasteiger partial charge in [0.25, 0.3) is 0 Å². The topological polar surface area (TPSA) is 57.1 Å². The van der Waals surface area contributed by atoms with E-state index in [9.17, 15) is 4.57 Å². The maximum atomic E-state index is 13.1. The van der Waals surface area contributed by atoms with Gasteiger partial charge in [0, 0.05) is 25.3 Å². The van der Waals surface area contributed by atoms with Crippen molar-refractivity contribution in [3.8, 4) is 16.9 Å². The average Bonchev–Trinajstić information content (AvgIpc) is 3.03. The van der Waals surface area contributed by atoms with Crippen LogP contribution in [0.3, 0.4) is 0 Å². The smallest absolute Gasteiger partial charge is 0.403 e. The van der Waals surface area contributed by atoms with Crippen LogP contribution < -0.4 is 4.52 Å². The molecule has 0 unspecified atom stereocenters. The molecule has 0 aliphatic carbocycles. The van der Waals surface area contributed by atoms with Crippen LogP contribution in [0.2, 0.25) is 0 Å². The number of phosphoric ester groups is 1. The highest BCUT2D eigenvalue weighted by molar-refractivity contribution is 7.48. The van der Waals surface area contributed by atoms with Crippen LogP contribution in [0.5, 0.6) is 5.75 Å². The summed E-state index contributed by atoms with van der Waals surface area (Å²) < 4.78 is 29.5. The molecule has 0 N–H and O–H groups in total. The van der Waals surface area contributed by atoms with Crippen molar-refractivity contribution in [1.29, 1.82) is 0 Å². The van der Waals surface area contributed by atoms with E-state index in [-0.39, 0.29) is 23.7 Å². The van der Waals surface area contributed by atoms with Gasteiger partial charge in [0.1, 0.15) is 5.75 Å². The van der Waals surface area contributed by atoms with Crippen molar-refractivity contribution >= 4 is 19.2 Å². The number of phosphoric acid groups is 1. The largest absolute Gasteiger partial charge is 0.529 e. The molecule has 0 radical (unpaired) electrons. The van der Waals surface area contributed by atoms with Crippen LogP contribution in [0.1, 0.15) is 112 Å². The Bertz CT molecular complexity index is 1570. The van der Waals surface area contributed by atoms with E-state index in [0.29, 0.717) is 5.75 Å². The SMILES string of the molecule is COP(=O)(OC)Oc1c(C(C)C)cc(-c2cc(C(C)C)c(N=C(c3ccccc3)c3ccccc3)c(C(C)C)c2)cc1C(C)C. The highest BCUT2D eigenvalue weighted by Gasteiger charge is 2.30. The van der Waals surface area contributed by atoms with Gasteiger partial charge in [0.15, 0.2) is 0 Å². The van der Waals surface area contributed by atoms with Gasteiger partial charge < -0.3 is 4.52 Å². The maximum absolute atomic E-state index is 13.1. The summed E-state index contributed by atoms with van der Waals surface area (Å²) >= 11 is 0. The van der Waals surface area contributed by atoms with Crippen LogP contribution in [-0.2, 0) is 13.6 Å². The Morgan fingerprint density at radius 2 is 0.933 bits per heavy atom. The number of rotatable bonds is 12. The van der Waals surface area contributed by atoms with Gasteiger partial charge in [-0.05, 0) is 81.3 Å². The zero-order chi connectivity index (χ0) is 32.9. The Morgan fingerprint density at radius 1 is 0.578 bits per heavy atom. The fourth-order valence-electron chi connectivity index (χ4n) is 5.52. The fourth-order valence-corrected chi connectivity index (χ4v) is 6.25. The summed E-state index contributed by atoms with van der Waals surface area (Å²) in [6.07, 6.45) is 0. The van der Waals surface area contributed by atoms with Crippen molar-refractivity contribution in [2.24, 2.45) is 4.99 Å². The van der Waals surface area contributed by atoms with Gasteiger partial charge in [0.2, 0.25) is 0 Å². The van der Waals surface area contributed by atoms with Crippen LogP contribution in [0.15, 0.2) is 89.9 Å². The molecule has 6 heteroatoms. The highest BCUT2D eigenvalue weighted by Crippen LogP contribution is 2.52. The second-order valence-corrected chi connectivity index (χ2v) is 14.5. The van der Waals surface area contributed by atoms with E-state index in [0.717, 1.165) is 44.8 Å². The first-order valence-corrected chi connectivity index (χ1v) is 17.3. The van der Waals surface area contributed by atoms with Crippen molar-refractivity contribution in [1.82, 2.24) is 0 Å². The van der Waals surface area contributed by atoms with Gasteiger partial charge in [-0.15, -0.1) is 0 Å². The third-order valence-electron chi connectivity index (χ3n) is 8.10. The zero-order valence-electron chi connectivity index (χ0n) is 28.4. The summed E-state index contributed by atoms with van der Waals surface area (Å²) in [7, 11) is -1.07. The van der Waals surface area contributed by atoms with Crippen molar-refractivity contribution in [3.63, 3.8) is 0 Å². The Morgan fingerprint density at radius 3 is 1.27 bits per heavy atom. The molecule has 0 aliphatic rings. The van der Waals surface area contributed by atoms with Crippen molar-refractivity contribution in [2.45, 2.75) is 79.1 Å². The first kappa shape index (κ1) is 34.4. The highest BCUT2D eigenvalue weighted by atomic mass is 31.2. The molecule has 0 amide bonds. The molecule has 0 aromatic heterocycles. The molecule has 0 fully saturated rings. The molecule has 0 saturated heterocycles. The molecule has 4 rings (SSSR count). The van der Waals surface area contributed by atoms with Gasteiger partial charge in [-0.1, -0.05) is 116 Å². The molecule has 238 valence electrons. The predicted molar refractivity (Wildman–Crippen MR) is 189 cm³/mol. The molecule has 0 spiro atoms. The van der Waals surface area contributed by atoms with E-state index in [1.165, 1.54) is 25.3 Å². The van der Waals surface area contributed by atoms with E-state index >= 15 is 0 Å². The molecule has 4 aromatic carbocycles. The van der Waals surface area contributed by atoms with Crippen LogP contribution >= 0.6 is 7.82 Å². The normalized spacial score (nSPS) is 12.0. The minimum atomic E-state index is -3.75. The van der Waals surface area contributed by atoms with Crippen molar-refractivity contribution in [2.75, 3.05) is 14.2 Å². The molecular weight excluding hydrogens is 577 g/mol. The van der Waals surface area contributed by atoms with Crippen molar-refractivity contribution < 1.29 is 18.1 Å². The predicted octanol–water partition coefficient (Wildman–Crippen LogP) is 11.8. The molecule has 4 aromatic rings. The lowest BCUT2D eigenvalue weighted by atomic mass is 9.85. The average molecular weight is 626 g/mol. The van der Waals surface area contributed by atoms with Gasteiger partial charge in [0.05, 0.1) is 11.4 Å². The first-order chi connectivity index (χ1) is 21.4. The minimum absolute atomic E-state index is 0.108. The van der Waals surface area contributed by atoms with Crippen LogP contribution in [0.25, 0.3) is 11.1 Å². The van der Waals surface area contributed by atoms with E-state index in [4.69, 9.17) is 18.6 Å². The lowest BCUT2D eigenvalue weighted by Crippen LogP contribution is -2.06. The number of aliphatic imine (C=N–C) groups is 1. The first-order valence-electron chi connectivity index (χ1n) is 15.9. The zero-order valence-corrected chi connectivity index (χ0v) is 29.3. The molecule has 0 bridgehead atoms. The summed E-state index contributed by atoms with van der Waals surface area (Å²) in [4.78, 5) is 5.48. The van der Waals surface area contributed by atoms with Crippen molar-refractivity contribution in [3.05, 3.63) is 118 Å². The van der Waals surface area contributed by atoms with E-state index in [1.807, 2.05) is 12.1 Å². The summed E-state index contributed by atoms with van der Waals surface area (Å²) in [6, 6.07) is 29.7. The molecule has 0 heterocycles. The lowest BCUT2D eigenvalue weighted by molar-refractivity contribution is 0.209. The van der Waals surface area contributed by atoms with Gasteiger partial charge in [-0.25, -0.2) is 9.56 Å². The quantitative estimate of drug-likeness (QED) is 0.116. The number of hydrogen-bond donors (Lipinski definition) is 0. The van der Waals surface area contributed by atoms with Gasteiger partial charge in [-0.2, -0.15) is 0 Å². The number of benzene rings is 4. The Hall–Kier alpha value is -3.50. The minimum Gasteiger partial charge on any atom is -0.403 e. The standard InChI is InChI=1S/C39H48NO4P/c1-25(2)33-21-31(32-23-35(27(5)6)39(36(24-32)28(7)8)44-45(41,42-9)43-10)22-34(26(3)4)38(33)40-37(29-17-13-11-14-18-29)30-19-15-12-16-20-30/h11-28H,1-10H3. The summed E-state index contributed by atoms with van der Waals surface area (Å²) in [5.74, 6) is 1.26.